The molecule has 0 amide bonds. The van der Waals surface area contributed by atoms with Crippen molar-refractivity contribution in [2.24, 2.45) is 5.92 Å². The Morgan fingerprint density at radius 1 is 1.38 bits per heavy atom. The maximum Gasteiger partial charge on any atom is 0.143 e. The first-order valence-electron chi connectivity index (χ1n) is 7.64. The highest BCUT2D eigenvalue weighted by Gasteiger charge is 2.26. The second kappa shape index (κ2) is 6.45. The van der Waals surface area contributed by atoms with Crippen molar-refractivity contribution in [1.29, 1.82) is 0 Å². The summed E-state index contributed by atoms with van der Waals surface area (Å²) in [5, 5.41) is 4.37. The van der Waals surface area contributed by atoms with Gasteiger partial charge in [0.25, 0.3) is 0 Å². The number of benzene rings is 1. The zero-order valence-corrected chi connectivity index (χ0v) is 14.5. The van der Waals surface area contributed by atoms with E-state index in [4.69, 9.17) is 16.3 Å². The molecule has 0 bridgehead atoms. The van der Waals surface area contributed by atoms with Crippen LogP contribution in [-0.4, -0.2) is 32.3 Å². The van der Waals surface area contributed by atoms with Crippen LogP contribution in [0.2, 0.25) is 5.02 Å². The second-order valence-corrected chi connectivity index (χ2v) is 7.41. The van der Waals surface area contributed by atoms with Gasteiger partial charge in [-0.25, -0.2) is 0 Å². The average molecular weight is 311 g/mol. The van der Waals surface area contributed by atoms with Gasteiger partial charge in [-0.05, 0) is 51.7 Å². The van der Waals surface area contributed by atoms with Gasteiger partial charge in [0.15, 0.2) is 0 Å². The minimum Gasteiger partial charge on any atom is -0.495 e. The summed E-state index contributed by atoms with van der Waals surface area (Å²) in [7, 11) is 1.71. The lowest BCUT2D eigenvalue weighted by Crippen LogP contribution is -2.39. The van der Waals surface area contributed by atoms with Crippen LogP contribution >= 0.6 is 11.6 Å². The number of rotatable bonds is 4. The fourth-order valence-corrected chi connectivity index (χ4v) is 2.88. The maximum atomic E-state index is 6.19. The van der Waals surface area contributed by atoms with Crippen LogP contribution in [0.3, 0.4) is 0 Å². The third-order valence-electron chi connectivity index (χ3n) is 4.01. The van der Waals surface area contributed by atoms with E-state index in [1.165, 1.54) is 6.42 Å². The van der Waals surface area contributed by atoms with E-state index in [1.54, 1.807) is 7.11 Å². The van der Waals surface area contributed by atoms with Crippen molar-refractivity contribution in [2.45, 2.75) is 39.7 Å². The second-order valence-electron chi connectivity index (χ2n) is 7.00. The molecule has 0 spiro atoms. The number of ether oxygens (including phenoxy) is 1. The molecule has 2 rings (SSSR count). The van der Waals surface area contributed by atoms with Crippen LogP contribution in [-0.2, 0) is 0 Å². The molecular formula is C17H27ClN2O. The number of anilines is 1. The van der Waals surface area contributed by atoms with Crippen molar-refractivity contribution >= 4 is 17.3 Å². The molecule has 21 heavy (non-hydrogen) atoms. The van der Waals surface area contributed by atoms with Crippen LogP contribution in [0.1, 0.15) is 32.8 Å². The highest BCUT2D eigenvalue weighted by atomic mass is 35.5. The van der Waals surface area contributed by atoms with E-state index in [0.29, 0.717) is 5.92 Å². The van der Waals surface area contributed by atoms with E-state index >= 15 is 0 Å². The smallest absolute Gasteiger partial charge is 0.143 e. The normalized spacial score (nSPS) is 19.1. The molecule has 1 N–H and O–H groups in total. The van der Waals surface area contributed by atoms with Crippen LogP contribution < -0.4 is 15.0 Å². The molecule has 1 heterocycles. The predicted molar refractivity (Wildman–Crippen MR) is 90.8 cm³/mol. The average Bonchev–Trinajstić information content (AvgIpc) is 2.87. The first-order valence-corrected chi connectivity index (χ1v) is 8.02. The van der Waals surface area contributed by atoms with Gasteiger partial charge >= 0.3 is 0 Å². The number of methoxy groups -OCH3 is 1. The fourth-order valence-electron chi connectivity index (χ4n) is 2.73. The molecule has 1 aromatic carbocycles. The molecule has 0 aliphatic carbocycles. The summed E-state index contributed by atoms with van der Waals surface area (Å²) in [6, 6.07) is 4.06. The van der Waals surface area contributed by atoms with Crippen molar-refractivity contribution in [2.75, 3.05) is 31.6 Å². The van der Waals surface area contributed by atoms with Gasteiger partial charge in [-0.3, -0.25) is 0 Å². The predicted octanol–water partition coefficient (Wildman–Crippen LogP) is 3.87. The summed E-state index contributed by atoms with van der Waals surface area (Å²) >= 11 is 6.19. The molecule has 1 aromatic rings. The number of aryl methyl sites for hydroxylation is 1. The first-order chi connectivity index (χ1) is 9.80. The standard InChI is InChI=1S/C17H27ClN2O/c1-12-8-15(16(21-5)9-14(12)18)20-7-6-13(11-20)10-19-17(2,3)4/h8-9,13,19H,6-7,10-11H2,1-5H3. The zero-order chi connectivity index (χ0) is 15.6. The molecule has 1 aliphatic heterocycles. The SMILES string of the molecule is COc1cc(Cl)c(C)cc1N1CCC(CNC(C)(C)C)C1. The van der Waals surface area contributed by atoms with E-state index in [1.807, 2.05) is 13.0 Å². The molecule has 4 heteroatoms. The Labute approximate surface area is 133 Å². The molecule has 118 valence electrons. The Kier molecular flexibility index (Phi) is 5.05. The molecule has 0 aromatic heterocycles. The molecule has 1 aliphatic rings. The summed E-state index contributed by atoms with van der Waals surface area (Å²) in [6.45, 7) is 11.9. The van der Waals surface area contributed by atoms with Gasteiger partial charge in [0.05, 0.1) is 12.8 Å². The largest absolute Gasteiger partial charge is 0.495 e. The van der Waals surface area contributed by atoms with E-state index in [-0.39, 0.29) is 5.54 Å². The molecule has 1 unspecified atom stereocenters. The quantitative estimate of drug-likeness (QED) is 0.913. The number of hydrogen-bond acceptors (Lipinski definition) is 3. The Hall–Kier alpha value is -0.930. The van der Waals surface area contributed by atoms with Gasteiger partial charge in [-0.2, -0.15) is 0 Å². The minimum atomic E-state index is 0.183. The fraction of sp³-hybridized carbons (Fsp3) is 0.647. The van der Waals surface area contributed by atoms with Gasteiger partial charge < -0.3 is 15.0 Å². The molecule has 0 radical (unpaired) electrons. The molecule has 0 saturated carbocycles. The maximum absolute atomic E-state index is 6.19. The van der Waals surface area contributed by atoms with Crippen LogP contribution in [0.4, 0.5) is 5.69 Å². The summed E-state index contributed by atoms with van der Waals surface area (Å²) in [5.41, 5.74) is 2.45. The summed E-state index contributed by atoms with van der Waals surface area (Å²) in [6.07, 6.45) is 1.22. The van der Waals surface area contributed by atoms with Crippen LogP contribution in [0.5, 0.6) is 5.75 Å². The molecular weight excluding hydrogens is 284 g/mol. The van der Waals surface area contributed by atoms with Crippen LogP contribution in [0.15, 0.2) is 12.1 Å². The Morgan fingerprint density at radius 2 is 2.10 bits per heavy atom. The third-order valence-corrected chi connectivity index (χ3v) is 4.41. The lowest BCUT2D eigenvalue weighted by atomic mass is 10.1. The zero-order valence-electron chi connectivity index (χ0n) is 13.8. The summed E-state index contributed by atoms with van der Waals surface area (Å²) in [5.74, 6) is 1.56. The van der Waals surface area contributed by atoms with Gasteiger partial charge in [-0.1, -0.05) is 11.6 Å². The van der Waals surface area contributed by atoms with Gasteiger partial charge in [-0.15, -0.1) is 0 Å². The number of nitrogens with zero attached hydrogens (tertiary/aromatic N) is 1. The lowest BCUT2D eigenvalue weighted by Gasteiger charge is -2.25. The summed E-state index contributed by atoms with van der Waals surface area (Å²) < 4.78 is 5.50. The number of nitrogens with one attached hydrogen (secondary N) is 1. The van der Waals surface area contributed by atoms with Gasteiger partial charge in [0.2, 0.25) is 0 Å². The van der Waals surface area contributed by atoms with Crippen molar-refractivity contribution in [3.63, 3.8) is 0 Å². The number of hydrogen-bond donors (Lipinski definition) is 1. The van der Waals surface area contributed by atoms with Crippen molar-refractivity contribution < 1.29 is 4.74 Å². The monoisotopic (exact) mass is 310 g/mol. The Morgan fingerprint density at radius 3 is 2.71 bits per heavy atom. The Balaban J connectivity index is 2.06. The van der Waals surface area contributed by atoms with Crippen molar-refractivity contribution in [3.8, 4) is 5.75 Å². The van der Waals surface area contributed by atoms with Crippen molar-refractivity contribution in [1.82, 2.24) is 5.32 Å². The lowest BCUT2D eigenvalue weighted by molar-refractivity contribution is 0.383. The van der Waals surface area contributed by atoms with Crippen LogP contribution in [0, 0.1) is 12.8 Å². The topological polar surface area (TPSA) is 24.5 Å². The molecule has 1 atom stereocenters. The third kappa shape index (κ3) is 4.27. The van der Waals surface area contributed by atoms with E-state index in [0.717, 1.165) is 41.7 Å². The van der Waals surface area contributed by atoms with E-state index in [9.17, 15) is 0 Å². The first kappa shape index (κ1) is 16.4. The molecule has 1 saturated heterocycles. The Bertz CT molecular complexity index is 496. The van der Waals surface area contributed by atoms with Gasteiger partial charge in [0, 0.05) is 36.3 Å². The number of halogens is 1. The van der Waals surface area contributed by atoms with E-state index in [2.05, 4.69) is 37.1 Å². The van der Waals surface area contributed by atoms with Crippen LogP contribution in [0.25, 0.3) is 0 Å². The van der Waals surface area contributed by atoms with Gasteiger partial charge in [0.1, 0.15) is 5.75 Å². The van der Waals surface area contributed by atoms with Crippen molar-refractivity contribution in [3.05, 3.63) is 22.7 Å². The highest BCUT2D eigenvalue weighted by molar-refractivity contribution is 6.31. The molecule has 3 nitrogen and oxygen atoms in total. The minimum absolute atomic E-state index is 0.183. The highest BCUT2D eigenvalue weighted by Crippen LogP contribution is 2.36. The molecule has 1 fully saturated rings. The summed E-state index contributed by atoms with van der Waals surface area (Å²) in [4.78, 5) is 2.41. The van der Waals surface area contributed by atoms with E-state index < -0.39 is 0 Å².